The van der Waals surface area contributed by atoms with Gasteiger partial charge in [0.2, 0.25) is 0 Å². The number of esters is 1. The molecular formula is C19H36Cl2O2. The van der Waals surface area contributed by atoms with Gasteiger partial charge in [-0.15, -0.1) is 23.2 Å². The van der Waals surface area contributed by atoms with Crippen LogP contribution in [0.2, 0.25) is 0 Å². The van der Waals surface area contributed by atoms with E-state index in [9.17, 15) is 4.79 Å². The molecule has 138 valence electrons. The molecule has 0 aromatic rings. The standard InChI is InChI=1S/C19H36Cl2O2/c1-3-4-5-6-7-8-11-14-17(20)18(21)15-12-9-10-13-16-19(22)23-2/h17-18H,3-16H2,1-2H3/t17-,18+/m1/s1. The second-order valence-electron chi connectivity index (χ2n) is 6.47. The highest BCUT2D eigenvalue weighted by molar-refractivity contribution is 6.29. The second-order valence-corrected chi connectivity index (χ2v) is 7.59. The Balaban J connectivity index is 3.41. The summed E-state index contributed by atoms with van der Waals surface area (Å²) in [6, 6.07) is 0. The Labute approximate surface area is 153 Å². The van der Waals surface area contributed by atoms with E-state index in [0.29, 0.717) is 6.42 Å². The van der Waals surface area contributed by atoms with Gasteiger partial charge >= 0.3 is 5.97 Å². The van der Waals surface area contributed by atoms with Crippen molar-refractivity contribution in [3.8, 4) is 0 Å². The number of unbranched alkanes of at least 4 members (excludes halogenated alkanes) is 9. The van der Waals surface area contributed by atoms with Gasteiger partial charge in [-0.3, -0.25) is 4.79 Å². The van der Waals surface area contributed by atoms with Crippen LogP contribution in [0.25, 0.3) is 0 Å². The molecule has 0 fully saturated rings. The molecule has 0 aliphatic carbocycles. The lowest BCUT2D eigenvalue weighted by atomic mass is 10.0. The Morgan fingerprint density at radius 1 is 0.783 bits per heavy atom. The van der Waals surface area contributed by atoms with Gasteiger partial charge in [-0.05, 0) is 19.3 Å². The van der Waals surface area contributed by atoms with E-state index in [1.807, 2.05) is 0 Å². The number of alkyl halides is 2. The van der Waals surface area contributed by atoms with E-state index in [4.69, 9.17) is 23.2 Å². The van der Waals surface area contributed by atoms with Crippen molar-refractivity contribution in [2.75, 3.05) is 7.11 Å². The van der Waals surface area contributed by atoms with Crippen molar-refractivity contribution in [1.82, 2.24) is 0 Å². The maximum absolute atomic E-state index is 11.0. The summed E-state index contributed by atoms with van der Waals surface area (Å²) in [5.74, 6) is -0.115. The first-order valence-electron chi connectivity index (χ1n) is 9.46. The zero-order chi connectivity index (χ0) is 17.3. The molecular weight excluding hydrogens is 331 g/mol. The highest BCUT2D eigenvalue weighted by Gasteiger charge is 2.15. The number of hydrogen-bond donors (Lipinski definition) is 0. The number of rotatable bonds is 16. The molecule has 2 nitrogen and oxygen atoms in total. The van der Waals surface area contributed by atoms with Gasteiger partial charge in [-0.1, -0.05) is 71.1 Å². The lowest BCUT2D eigenvalue weighted by Gasteiger charge is -2.16. The molecule has 4 heteroatoms. The maximum Gasteiger partial charge on any atom is 0.305 e. The quantitative estimate of drug-likeness (QED) is 0.169. The van der Waals surface area contributed by atoms with E-state index in [2.05, 4.69) is 11.7 Å². The Hall–Kier alpha value is 0.0500. The van der Waals surface area contributed by atoms with Gasteiger partial charge in [0.05, 0.1) is 7.11 Å². The normalized spacial score (nSPS) is 13.7. The van der Waals surface area contributed by atoms with Crippen molar-refractivity contribution in [3.63, 3.8) is 0 Å². The average molecular weight is 367 g/mol. The van der Waals surface area contributed by atoms with Crippen molar-refractivity contribution in [3.05, 3.63) is 0 Å². The van der Waals surface area contributed by atoms with Gasteiger partial charge in [-0.25, -0.2) is 0 Å². The summed E-state index contributed by atoms with van der Waals surface area (Å²) >= 11 is 12.8. The third kappa shape index (κ3) is 15.3. The fraction of sp³-hybridized carbons (Fsp3) is 0.947. The third-order valence-electron chi connectivity index (χ3n) is 4.31. The summed E-state index contributed by atoms with van der Waals surface area (Å²) < 4.78 is 4.62. The van der Waals surface area contributed by atoms with Crippen molar-refractivity contribution in [2.24, 2.45) is 0 Å². The molecule has 0 N–H and O–H groups in total. The molecule has 0 aromatic carbocycles. The molecule has 0 aliphatic rings. The number of ether oxygens (including phenoxy) is 1. The van der Waals surface area contributed by atoms with Crippen LogP contribution in [-0.2, 0) is 9.53 Å². The monoisotopic (exact) mass is 366 g/mol. The summed E-state index contributed by atoms with van der Waals surface area (Å²) in [7, 11) is 1.44. The number of carbonyl (C=O) groups excluding carboxylic acids is 1. The smallest absolute Gasteiger partial charge is 0.305 e. The van der Waals surface area contributed by atoms with Gasteiger partial charge in [0.15, 0.2) is 0 Å². The minimum atomic E-state index is -0.115. The first-order valence-corrected chi connectivity index (χ1v) is 10.3. The van der Waals surface area contributed by atoms with E-state index in [-0.39, 0.29) is 16.7 Å². The molecule has 0 saturated heterocycles. The molecule has 2 atom stereocenters. The molecule has 0 aliphatic heterocycles. The van der Waals surface area contributed by atoms with Gasteiger partial charge in [0, 0.05) is 17.2 Å². The van der Waals surface area contributed by atoms with Crippen molar-refractivity contribution >= 4 is 29.2 Å². The summed E-state index contributed by atoms with van der Waals surface area (Å²) in [5.41, 5.74) is 0. The lowest BCUT2D eigenvalue weighted by Crippen LogP contribution is -2.14. The number of hydrogen-bond acceptors (Lipinski definition) is 2. The summed E-state index contributed by atoms with van der Waals surface area (Å²) in [5, 5.41) is 0.180. The first-order chi connectivity index (χ1) is 11.1. The molecule has 0 bridgehead atoms. The molecule has 0 rings (SSSR count). The lowest BCUT2D eigenvalue weighted by molar-refractivity contribution is -0.140. The number of carbonyl (C=O) groups is 1. The first kappa shape index (κ1) is 23.1. The van der Waals surface area contributed by atoms with E-state index < -0.39 is 0 Å². The van der Waals surface area contributed by atoms with Crippen LogP contribution in [0.4, 0.5) is 0 Å². The molecule has 0 heterocycles. The minimum Gasteiger partial charge on any atom is -0.469 e. The molecule has 0 saturated carbocycles. The predicted octanol–water partition coefficient (Wildman–Crippen LogP) is 6.86. The highest BCUT2D eigenvalue weighted by atomic mass is 35.5. The topological polar surface area (TPSA) is 26.3 Å². The Morgan fingerprint density at radius 3 is 1.70 bits per heavy atom. The number of halogens is 2. The van der Waals surface area contributed by atoms with E-state index in [1.165, 1.54) is 52.1 Å². The Morgan fingerprint density at radius 2 is 1.22 bits per heavy atom. The van der Waals surface area contributed by atoms with Crippen LogP contribution >= 0.6 is 23.2 Å². The van der Waals surface area contributed by atoms with E-state index in [0.717, 1.165) is 38.5 Å². The van der Waals surface area contributed by atoms with Gasteiger partial charge in [0.25, 0.3) is 0 Å². The van der Waals surface area contributed by atoms with Crippen LogP contribution in [0, 0.1) is 0 Å². The van der Waals surface area contributed by atoms with Crippen molar-refractivity contribution in [2.45, 2.75) is 108 Å². The molecule has 23 heavy (non-hydrogen) atoms. The van der Waals surface area contributed by atoms with Crippen molar-refractivity contribution in [1.29, 1.82) is 0 Å². The summed E-state index contributed by atoms with van der Waals surface area (Å²) in [6.45, 7) is 2.25. The Kier molecular flexibility index (Phi) is 16.9. The highest BCUT2D eigenvalue weighted by Crippen LogP contribution is 2.23. The Bertz CT molecular complexity index is 272. The van der Waals surface area contributed by atoms with Gasteiger partial charge < -0.3 is 4.74 Å². The molecule has 0 amide bonds. The maximum atomic E-state index is 11.0. The van der Waals surface area contributed by atoms with Crippen LogP contribution < -0.4 is 0 Å². The van der Waals surface area contributed by atoms with Crippen LogP contribution in [0.3, 0.4) is 0 Å². The zero-order valence-electron chi connectivity index (χ0n) is 15.1. The molecule has 0 aromatic heterocycles. The van der Waals surface area contributed by atoms with Crippen LogP contribution in [0.15, 0.2) is 0 Å². The molecule has 0 spiro atoms. The fourth-order valence-corrected chi connectivity index (χ4v) is 3.28. The summed E-state index contributed by atoms with van der Waals surface area (Å²) in [4.78, 5) is 11.0. The van der Waals surface area contributed by atoms with Gasteiger partial charge in [-0.2, -0.15) is 0 Å². The predicted molar refractivity (Wildman–Crippen MR) is 102 cm³/mol. The van der Waals surface area contributed by atoms with Crippen molar-refractivity contribution < 1.29 is 9.53 Å². The minimum absolute atomic E-state index is 0.0809. The summed E-state index contributed by atoms with van der Waals surface area (Å²) in [6.07, 6.45) is 15.9. The van der Waals surface area contributed by atoms with E-state index in [1.54, 1.807) is 0 Å². The second kappa shape index (κ2) is 16.9. The molecule has 0 radical (unpaired) electrons. The third-order valence-corrected chi connectivity index (χ3v) is 5.49. The van der Waals surface area contributed by atoms with Crippen LogP contribution in [0.5, 0.6) is 0 Å². The zero-order valence-corrected chi connectivity index (χ0v) is 16.6. The van der Waals surface area contributed by atoms with Crippen LogP contribution in [0.1, 0.15) is 96.8 Å². The average Bonchev–Trinajstić information content (AvgIpc) is 2.56. The fourth-order valence-electron chi connectivity index (χ4n) is 2.72. The van der Waals surface area contributed by atoms with E-state index >= 15 is 0 Å². The largest absolute Gasteiger partial charge is 0.469 e. The molecule has 0 unspecified atom stereocenters. The van der Waals surface area contributed by atoms with Crippen LogP contribution in [-0.4, -0.2) is 23.8 Å². The SMILES string of the molecule is CCCCCCCCC[C@@H](Cl)[C@@H](Cl)CCCCCCC(=O)OC. The van der Waals surface area contributed by atoms with Gasteiger partial charge in [0.1, 0.15) is 0 Å². The number of methoxy groups -OCH3 is 1.